The fourth-order valence-electron chi connectivity index (χ4n) is 2.91. The third-order valence-corrected chi connectivity index (χ3v) is 4.36. The van der Waals surface area contributed by atoms with Gasteiger partial charge >= 0.3 is 0 Å². The zero-order chi connectivity index (χ0) is 14.7. The third kappa shape index (κ3) is 3.26. The topological polar surface area (TPSA) is 27.7 Å². The molecule has 4 nitrogen and oxygen atoms in total. The molecule has 112 valence electrons. The van der Waals surface area contributed by atoms with Crippen LogP contribution in [0.4, 0.5) is 0 Å². The molecule has 5 heteroatoms. The second kappa shape index (κ2) is 6.76. The molecule has 2 rings (SSSR count). The highest BCUT2D eigenvalue weighted by atomic mass is 35.5. The van der Waals surface area contributed by atoms with Gasteiger partial charge < -0.3 is 15.0 Å². The molecule has 0 bridgehead atoms. The van der Waals surface area contributed by atoms with Crippen LogP contribution in [0, 0.1) is 0 Å². The van der Waals surface area contributed by atoms with Crippen LogP contribution in [0.15, 0.2) is 18.2 Å². The van der Waals surface area contributed by atoms with Gasteiger partial charge in [0.1, 0.15) is 5.75 Å². The number of hydrogen-bond acceptors (Lipinski definition) is 4. The Morgan fingerprint density at radius 1 is 1.35 bits per heavy atom. The van der Waals surface area contributed by atoms with E-state index in [2.05, 4.69) is 29.2 Å². The van der Waals surface area contributed by atoms with Crippen LogP contribution in [0.25, 0.3) is 0 Å². The van der Waals surface area contributed by atoms with Crippen LogP contribution in [0.3, 0.4) is 0 Å². The Labute approximate surface area is 126 Å². The minimum atomic E-state index is 0.191. The van der Waals surface area contributed by atoms with Crippen LogP contribution < -0.4 is 10.1 Å². The lowest BCUT2D eigenvalue weighted by molar-refractivity contribution is 0.0890. The Balaban J connectivity index is 2.33. The summed E-state index contributed by atoms with van der Waals surface area (Å²) in [5, 5.41) is 4.18. The highest BCUT2D eigenvalue weighted by Gasteiger charge is 2.31. The maximum Gasteiger partial charge on any atom is 0.123 e. The maximum absolute atomic E-state index is 6.17. The first-order valence-corrected chi connectivity index (χ1v) is 7.34. The summed E-state index contributed by atoms with van der Waals surface area (Å²) in [7, 11) is 8.05. The van der Waals surface area contributed by atoms with Gasteiger partial charge in [-0.25, -0.2) is 0 Å². The molecule has 1 aromatic rings. The van der Waals surface area contributed by atoms with Crippen molar-refractivity contribution in [1.29, 1.82) is 0 Å². The molecule has 0 aromatic heterocycles. The van der Waals surface area contributed by atoms with Gasteiger partial charge in [0.05, 0.1) is 13.2 Å². The molecule has 1 aliphatic rings. The number of benzene rings is 1. The average Bonchev–Trinajstić information content (AvgIpc) is 2.44. The van der Waals surface area contributed by atoms with Crippen molar-refractivity contribution in [1.82, 2.24) is 15.1 Å². The summed E-state index contributed by atoms with van der Waals surface area (Å²) >= 11 is 6.17. The lowest BCUT2D eigenvalue weighted by Gasteiger charge is -2.42. The summed E-state index contributed by atoms with van der Waals surface area (Å²) in [6.45, 7) is 3.20. The van der Waals surface area contributed by atoms with Gasteiger partial charge in [-0.05, 0) is 39.3 Å². The summed E-state index contributed by atoms with van der Waals surface area (Å²) < 4.78 is 5.51. The van der Waals surface area contributed by atoms with Crippen LogP contribution in [0.5, 0.6) is 5.75 Å². The van der Waals surface area contributed by atoms with Crippen molar-refractivity contribution in [3.8, 4) is 5.75 Å². The fourth-order valence-corrected chi connectivity index (χ4v) is 3.09. The summed E-state index contributed by atoms with van der Waals surface area (Å²) in [5.74, 6) is 0.885. The molecule has 1 saturated heterocycles. The van der Waals surface area contributed by atoms with Gasteiger partial charge in [-0.2, -0.15) is 0 Å². The van der Waals surface area contributed by atoms with Crippen molar-refractivity contribution in [3.63, 3.8) is 0 Å². The van der Waals surface area contributed by atoms with E-state index in [-0.39, 0.29) is 6.04 Å². The molecule has 0 aliphatic carbocycles. The number of methoxy groups -OCH3 is 1. The Hall–Kier alpha value is -0.810. The molecule has 20 heavy (non-hydrogen) atoms. The molecule has 1 fully saturated rings. The fraction of sp³-hybridized carbons (Fsp3) is 0.600. The largest absolute Gasteiger partial charge is 0.496 e. The summed E-state index contributed by atoms with van der Waals surface area (Å²) in [6.07, 6.45) is 0. The first kappa shape index (κ1) is 15.6. The molecule has 0 radical (unpaired) electrons. The van der Waals surface area contributed by atoms with Gasteiger partial charge in [0.25, 0.3) is 0 Å². The van der Waals surface area contributed by atoms with Crippen molar-refractivity contribution in [2.24, 2.45) is 0 Å². The number of ether oxygens (including phenoxy) is 1. The second-order valence-electron chi connectivity index (χ2n) is 5.46. The van der Waals surface area contributed by atoms with Crippen LogP contribution in [0.2, 0.25) is 5.02 Å². The zero-order valence-corrected chi connectivity index (χ0v) is 13.4. The number of rotatable bonds is 4. The van der Waals surface area contributed by atoms with E-state index in [4.69, 9.17) is 16.3 Å². The minimum absolute atomic E-state index is 0.191. The van der Waals surface area contributed by atoms with Gasteiger partial charge in [0, 0.05) is 36.3 Å². The van der Waals surface area contributed by atoms with Crippen molar-refractivity contribution in [2.75, 3.05) is 47.9 Å². The normalized spacial score (nSPS) is 22.8. The lowest BCUT2D eigenvalue weighted by atomic mass is 9.95. The number of hydrogen-bond donors (Lipinski definition) is 1. The monoisotopic (exact) mass is 297 g/mol. The molecule has 0 saturated carbocycles. The Morgan fingerprint density at radius 3 is 2.75 bits per heavy atom. The highest BCUT2D eigenvalue weighted by molar-refractivity contribution is 6.30. The van der Waals surface area contributed by atoms with E-state index in [1.54, 1.807) is 7.11 Å². The second-order valence-corrected chi connectivity index (χ2v) is 5.90. The summed E-state index contributed by atoms with van der Waals surface area (Å²) in [6, 6.07) is 6.40. The van der Waals surface area contributed by atoms with Crippen molar-refractivity contribution in [2.45, 2.75) is 12.1 Å². The molecule has 2 unspecified atom stereocenters. The Kier molecular flexibility index (Phi) is 5.27. The number of piperazine rings is 1. The number of likely N-dealkylation sites (N-methyl/N-ethyl adjacent to an activating group) is 3. The maximum atomic E-state index is 6.17. The van der Waals surface area contributed by atoms with Gasteiger partial charge in [0.15, 0.2) is 0 Å². The minimum Gasteiger partial charge on any atom is -0.496 e. The first-order chi connectivity index (χ1) is 9.56. The van der Waals surface area contributed by atoms with E-state index in [0.29, 0.717) is 6.04 Å². The Morgan fingerprint density at radius 2 is 2.10 bits per heavy atom. The van der Waals surface area contributed by atoms with E-state index in [1.807, 2.05) is 25.2 Å². The van der Waals surface area contributed by atoms with E-state index in [0.717, 1.165) is 36.0 Å². The predicted octanol–water partition coefficient (Wildman–Crippen LogP) is 1.85. The first-order valence-electron chi connectivity index (χ1n) is 6.96. The quantitative estimate of drug-likeness (QED) is 0.918. The smallest absolute Gasteiger partial charge is 0.123 e. The zero-order valence-electron chi connectivity index (χ0n) is 12.7. The van der Waals surface area contributed by atoms with E-state index in [1.165, 1.54) is 0 Å². The van der Waals surface area contributed by atoms with Crippen LogP contribution >= 0.6 is 11.6 Å². The number of nitrogens with one attached hydrogen (secondary N) is 1. The van der Waals surface area contributed by atoms with Crippen LogP contribution in [0.1, 0.15) is 11.6 Å². The summed E-state index contributed by atoms with van der Waals surface area (Å²) in [5.41, 5.74) is 1.12. The number of nitrogens with zero attached hydrogens (tertiary/aromatic N) is 2. The molecule has 1 heterocycles. The van der Waals surface area contributed by atoms with Crippen molar-refractivity contribution >= 4 is 11.6 Å². The molecule has 1 N–H and O–H groups in total. The molecular weight excluding hydrogens is 274 g/mol. The van der Waals surface area contributed by atoms with E-state index in [9.17, 15) is 0 Å². The molecule has 1 aromatic carbocycles. The van der Waals surface area contributed by atoms with Gasteiger partial charge in [-0.15, -0.1) is 0 Å². The van der Waals surface area contributed by atoms with E-state index >= 15 is 0 Å². The summed E-state index contributed by atoms with van der Waals surface area (Å²) in [4.78, 5) is 4.77. The van der Waals surface area contributed by atoms with E-state index < -0.39 is 0 Å². The molecule has 0 amide bonds. The van der Waals surface area contributed by atoms with Crippen LogP contribution in [-0.4, -0.2) is 63.7 Å². The average molecular weight is 298 g/mol. The van der Waals surface area contributed by atoms with Crippen molar-refractivity contribution < 1.29 is 4.74 Å². The van der Waals surface area contributed by atoms with Gasteiger partial charge in [-0.3, -0.25) is 4.90 Å². The van der Waals surface area contributed by atoms with Crippen molar-refractivity contribution in [3.05, 3.63) is 28.8 Å². The molecular formula is C15H24ClN3O. The van der Waals surface area contributed by atoms with Gasteiger partial charge in [0.2, 0.25) is 0 Å². The number of halogens is 1. The highest BCUT2D eigenvalue weighted by Crippen LogP contribution is 2.32. The molecule has 1 aliphatic heterocycles. The molecule has 2 atom stereocenters. The molecule has 0 spiro atoms. The SMILES string of the molecule is CNC(c1cc(Cl)ccc1OC)C1CN(C)CCN1C. The van der Waals surface area contributed by atoms with Gasteiger partial charge in [-0.1, -0.05) is 11.6 Å². The Bertz CT molecular complexity index is 455. The van der Waals surface area contributed by atoms with Crippen LogP contribution in [-0.2, 0) is 0 Å². The predicted molar refractivity (Wildman–Crippen MR) is 83.7 cm³/mol. The lowest BCUT2D eigenvalue weighted by Crippen LogP contribution is -2.54. The standard InChI is InChI=1S/C15H24ClN3O/c1-17-15(13-10-18(2)7-8-19(13)3)12-9-11(16)5-6-14(12)20-4/h5-6,9,13,15,17H,7-8,10H2,1-4H3. The third-order valence-electron chi connectivity index (χ3n) is 4.12.